The summed E-state index contributed by atoms with van der Waals surface area (Å²) in [5.74, 6) is 1.08. The molecule has 2 saturated heterocycles. The predicted molar refractivity (Wildman–Crippen MR) is 134 cm³/mol. The van der Waals surface area contributed by atoms with E-state index in [1.54, 1.807) is 0 Å². The van der Waals surface area contributed by atoms with Gasteiger partial charge in [-0.05, 0) is 61.5 Å². The molecule has 0 bridgehead atoms. The van der Waals surface area contributed by atoms with Crippen LogP contribution >= 0.6 is 0 Å². The lowest BCUT2D eigenvalue weighted by Crippen LogP contribution is -2.36. The molecule has 33 heavy (non-hydrogen) atoms. The van der Waals surface area contributed by atoms with Crippen LogP contribution in [0.25, 0.3) is 0 Å². The van der Waals surface area contributed by atoms with Gasteiger partial charge in [0.1, 0.15) is 0 Å². The summed E-state index contributed by atoms with van der Waals surface area (Å²) in [4.78, 5) is 21.2. The molecule has 2 aromatic carbocycles. The Morgan fingerprint density at radius 3 is 2.36 bits per heavy atom. The van der Waals surface area contributed by atoms with Crippen LogP contribution < -0.4 is 10.6 Å². The van der Waals surface area contributed by atoms with E-state index in [9.17, 15) is 4.79 Å². The molecule has 2 aliphatic heterocycles. The fourth-order valence-electron chi connectivity index (χ4n) is 4.58. The number of nitrogens with one attached hydrogen (secondary N) is 2. The number of aliphatic imine (C=N–C) groups is 1. The summed E-state index contributed by atoms with van der Waals surface area (Å²) in [5.41, 5.74) is 4.97. The Morgan fingerprint density at radius 1 is 0.879 bits per heavy atom. The second-order valence-corrected chi connectivity index (χ2v) is 9.09. The zero-order valence-electron chi connectivity index (χ0n) is 19.9. The van der Waals surface area contributed by atoms with E-state index < -0.39 is 0 Å². The number of benzene rings is 2. The summed E-state index contributed by atoms with van der Waals surface area (Å²) < 4.78 is 0. The molecule has 0 saturated carbocycles. The zero-order valence-corrected chi connectivity index (χ0v) is 19.9. The molecular formula is C27H37N5O. The van der Waals surface area contributed by atoms with E-state index in [0.29, 0.717) is 19.5 Å². The summed E-state index contributed by atoms with van der Waals surface area (Å²) in [6, 6.07) is 17.3. The van der Waals surface area contributed by atoms with Crippen molar-refractivity contribution in [2.24, 2.45) is 4.99 Å². The first-order chi connectivity index (χ1) is 16.2. The van der Waals surface area contributed by atoms with Gasteiger partial charge in [0.05, 0.1) is 6.54 Å². The quantitative estimate of drug-likeness (QED) is 0.455. The number of carbonyl (C=O) groups is 1. The summed E-state index contributed by atoms with van der Waals surface area (Å²) in [6.07, 6.45) is 4.32. The standard InChI is InChI=1S/C27H37N5O/c1-2-28-27(29-18-22-10-12-23(13-11-22)20-31-14-3-4-15-31)30-19-24-7-5-8-25(17-24)21-32-16-6-9-26(32)33/h5,7-8,10-13,17H,2-4,6,9,14-16,18-21H2,1H3,(H2,28,29,30). The summed E-state index contributed by atoms with van der Waals surface area (Å²) >= 11 is 0. The van der Waals surface area contributed by atoms with Gasteiger partial charge in [-0.3, -0.25) is 9.69 Å². The maximum absolute atomic E-state index is 11.9. The highest BCUT2D eigenvalue weighted by molar-refractivity contribution is 5.79. The molecule has 176 valence electrons. The number of amides is 1. The molecular weight excluding hydrogens is 410 g/mol. The van der Waals surface area contributed by atoms with Gasteiger partial charge in [0.25, 0.3) is 0 Å². The van der Waals surface area contributed by atoms with Gasteiger partial charge in [-0.15, -0.1) is 0 Å². The molecule has 1 amide bonds. The van der Waals surface area contributed by atoms with Crippen LogP contribution in [0.5, 0.6) is 0 Å². The van der Waals surface area contributed by atoms with Gasteiger partial charge in [0.15, 0.2) is 5.96 Å². The Kier molecular flexibility index (Phi) is 8.36. The van der Waals surface area contributed by atoms with Crippen LogP contribution in [-0.2, 0) is 31.0 Å². The maximum Gasteiger partial charge on any atom is 0.222 e. The predicted octanol–water partition coefficient (Wildman–Crippen LogP) is 3.66. The van der Waals surface area contributed by atoms with Crippen molar-refractivity contribution in [3.63, 3.8) is 0 Å². The van der Waals surface area contributed by atoms with Crippen molar-refractivity contribution in [2.75, 3.05) is 26.2 Å². The average molecular weight is 448 g/mol. The van der Waals surface area contributed by atoms with Crippen molar-refractivity contribution in [3.8, 4) is 0 Å². The third-order valence-electron chi connectivity index (χ3n) is 6.39. The van der Waals surface area contributed by atoms with E-state index >= 15 is 0 Å². The number of hydrogen-bond acceptors (Lipinski definition) is 3. The molecule has 0 aromatic heterocycles. The van der Waals surface area contributed by atoms with Gasteiger partial charge in [0, 0.05) is 39.1 Å². The van der Waals surface area contributed by atoms with Crippen LogP contribution in [0.1, 0.15) is 54.9 Å². The smallest absolute Gasteiger partial charge is 0.222 e. The van der Waals surface area contributed by atoms with E-state index in [0.717, 1.165) is 44.1 Å². The van der Waals surface area contributed by atoms with E-state index in [-0.39, 0.29) is 5.91 Å². The second kappa shape index (κ2) is 11.8. The minimum atomic E-state index is 0.265. The van der Waals surface area contributed by atoms with Crippen LogP contribution in [0, 0.1) is 0 Å². The Bertz CT molecular complexity index is 934. The van der Waals surface area contributed by atoms with E-state index in [1.165, 1.54) is 42.6 Å². The van der Waals surface area contributed by atoms with Gasteiger partial charge in [0.2, 0.25) is 5.91 Å². The lowest BCUT2D eigenvalue weighted by atomic mass is 10.1. The van der Waals surface area contributed by atoms with Gasteiger partial charge in [-0.1, -0.05) is 48.5 Å². The Hall–Kier alpha value is -2.86. The summed E-state index contributed by atoms with van der Waals surface area (Å²) in [5, 5.41) is 6.80. The van der Waals surface area contributed by atoms with Crippen molar-refractivity contribution >= 4 is 11.9 Å². The molecule has 2 fully saturated rings. The average Bonchev–Trinajstić information content (AvgIpc) is 3.49. The first-order valence-electron chi connectivity index (χ1n) is 12.4. The van der Waals surface area contributed by atoms with Crippen molar-refractivity contribution in [3.05, 3.63) is 70.8 Å². The van der Waals surface area contributed by atoms with Crippen LogP contribution in [-0.4, -0.2) is 47.8 Å². The highest BCUT2D eigenvalue weighted by Gasteiger charge is 2.19. The number of rotatable bonds is 9. The zero-order chi connectivity index (χ0) is 22.9. The number of likely N-dealkylation sites (tertiary alicyclic amines) is 2. The Morgan fingerprint density at radius 2 is 1.64 bits per heavy atom. The monoisotopic (exact) mass is 447 g/mol. The van der Waals surface area contributed by atoms with Crippen molar-refractivity contribution < 1.29 is 4.79 Å². The van der Waals surface area contributed by atoms with E-state index in [1.807, 2.05) is 4.90 Å². The second-order valence-electron chi connectivity index (χ2n) is 9.09. The molecule has 0 atom stereocenters. The van der Waals surface area contributed by atoms with Gasteiger partial charge < -0.3 is 15.5 Å². The number of carbonyl (C=O) groups excluding carboxylic acids is 1. The Balaban J connectivity index is 1.30. The molecule has 4 rings (SSSR count). The minimum absolute atomic E-state index is 0.265. The normalized spacial score (nSPS) is 17.1. The lowest BCUT2D eigenvalue weighted by Gasteiger charge is -2.16. The summed E-state index contributed by atoms with van der Waals surface area (Å²) in [7, 11) is 0. The molecule has 0 aliphatic carbocycles. The number of guanidine groups is 1. The van der Waals surface area contributed by atoms with Crippen LogP contribution in [0.15, 0.2) is 53.5 Å². The van der Waals surface area contributed by atoms with Crippen molar-refractivity contribution in [2.45, 2.75) is 58.8 Å². The molecule has 2 heterocycles. The topological polar surface area (TPSA) is 60.0 Å². The fourth-order valence-corrected chi connectivity index (χ4v) is 4.58. The van der Waals surface area contributed by atoms with Crippen LogP contribution in [0.4, 0.5) is 0 Å². The summed E-state index contributed by atoms with van der Waals surface area (Å²) in [6.45, 7) is 9.32. The van der Waals surface area contributed by atoms with Crippen LogP contribution in [0.3, 0.4) is 0 Å². The molecule has 2 aromatic rings. The largest absolute Gasteiger partial charge is 0.357 e. The lowest BCUT2D eigenvalue weighted by molar-refractivity contribution is -0.128. The van der Waals surface area contributed by atoms with Crippen molar-refractivity contribution in [1.29, 1.82) is 0 Å². The van der Waals surface area contributed by atoms with Crippen LogP contribution in [0.2, 0.25) is 0 Å². The Labute approximate surface area is 198 Å². The molecule has 6 heteroatoms. The molecule has 2 aliphatic rings. The SMILES string of the molecule is CCNC(=NCc1cccc(CN2CCCC2=O)c1)NCc1ccc(CN2CCCC2)cc1. The first-order valence-corrected chi connectivity index (χ1v) is 12.4. The third kappa shape index (κ3) is 7.06. The molecule has 6 nitrogen and oxygen atoms in total. The molecule has 2 N–H and O–H groups in total. The molecule has 0 radical (unpaired) electrons. The highest BCUT2D eigenvalue weighted by Crippen LogP contribution is 2.16. The maximum atomic E-state index is 11.9. The third-order valence-corrected chi connectivity index (χ3v) is 6.39. The van der Waals surface area contributed by atoms with Crippen molar-refractivity contribution in [1.82, 2.24) is 20.4 Å². The van der Waals surface area contributed by atoms with E-state index in [2.05, 4.69) is 71.0 Å². The fraction of sp³-hybridized carbons (Fsp3) is 0.481. The van der Waals surface area contributed by atoms with E-state index in [4.69, 9.17) is 4.99 Å². The molecule has 0 unspecified atom stereocenters. The number of hydrogen-bond donors (Lipinski definition) is 2. The number of nitrogens with zero attached hydrogens (tertiary/aromatic N) is 3. The minimum Gasteiger partial charge on any atom is -0.357 e. The van der Waals surface area contributed by atoms with Gasteiger partial charge in [-0.2, -0.15) is 0 Å². The first kappa shape index (κ1) is 23.3. The highest BCUT2D eigenvalue weighted by atomic mass is 16.2. The van der Waals surface area contributed by atoms with Gasteiger partial charge in [-0.25, -0.2) is 4.99 Å². The van der Waals surface area contributed by atoms with Gasteiger partial charge >= 0.3 is 0 Å². The molecule has 0 spiro atoms.